The van der Waals surface area contributed by atoms with Crippen LogP contribution in [0.5, 0.6) is 0 Å². The average Bonchev–Trinajstić information content (AvgIpc) is 2.89. The van der Waals surface area contributed by atoms with Crippen LogP contribution in [0, 0.1) is 11.7 Å². The SMILES string of the molecule is O=C(C1CC=CCC1)N1CCCN(S(=O)(=O)c2ccc(F)cc2)CC1. The Morgan fingerprint density at radius 2 is 1.80 bits per heavy atom. The second kappa shape index (κ2) is 7.66. The maximum atomic E-state index is 13.0. The van der Waals surface area contributed by atoms with Crippen molar-refractivity contribution in [1.29, 1.82) is 0 Å². The Kier molecular flexibility index (Phi) is 5.54. The number of sulfonamides is 1. The van der Waals surface area contributed by atoms with Gasteiger partial charge in [-0.2, -0.15) is 4.31 Å². The maximum absolute atomic E-state index is 13.0. The lowest BCUT2D eigenvalue weighted by Gasteiger charge is -2.27. The quantitative estimate of drug-likeness (QED) is 0.772. The fraction of sp³-hybridized carbons (Fsp3) is 0.500. The van der Waals surface area contributed by atoms with Crippen molar-refractivity contribution in [2.75, 3.05) is 26.2 Å². The molecule has 0 radical (unpaired) electrons. The van der Waals surface area contributed by atoms with Gasteiger partial charge in [-0.25, -0.2) is 12.8 Å². The van der Waals surface area contributed by atoms with E-state index in [1.54, 1.807) is 4.90 Å². The third-order valence-electron chi connectivity index (χ3n) is 4.84. The number of rotatable bonds is 3. The lowest BCUT2D eigenvalue weighted by atomic mass is 9.93. The third kappa shape index (κ3) is 4.10. The summed E-state index contributed by atoms with van der Waals surface area (Å²) in [6, 6.07) is 4.87. The number of nitrogens with zero attached hydrogens (tertiary/aromatic N) is 2. The van der Waals surface area contributed by atoms with Crippen LogP contribution in [-0.4, -0.2) is 49.7 Å². The van der Waals surface area contributed by atoms with Gasteiger partial charge in [-0.3, -0.25) is 4.79 Å². The second-order valence-corrected chi connectivity index (χ2v) is 8.46. The summed E-state index contributed by atoms with van der Waals surface area (Å²) >= 11 is 0. The number of carbonyl (C=O) groups excluding carboxylic acids is 1. The molecule has 1 aliphatic heterocycles. The summed E-state index contributed by atoms with van der Waals surface area (Å²) < 4.78 is 39.9. The number of halogens is 1. The van der Waals surface area contributed by atoms with Crippen molar-refractivity contribution in [2.24, 2.45) is 5.92 Å². The highest BCUT2D eigenvalue weighted by atomic mass is 32.2. The molecule has 1 amide bonds. The van der Waals surface area contributed by atoms with E-state index in [0.29, 0.717) is 26.1 Å². The molecule has 136 valence electrons. The van der Waals surface area contributed by atoms with Crippen LogP contribution in [0.2, 0.25) is 0 Å². The van der Waals surface area contributed by atoms with E-state index in [2.05, 4.69) is 12.2 Å². The number of hydrogen-bond donors (Lipinski definition) is 0. The van der Waals surface area contributed by atoms with Gasteiger partial charge in [-0.15, -0.1) is 0 Å². The maximum Gasteiger partial charge on any atom is 0.243 e. The summed E-state index contributed by atoms with van der Waals surface area (Å²) in [4.78, 5) is 14.5. The van der Waals surface area contributed by atoms with Gasteiger partial charge in [0, 0.05) is 32.1 Å². The summed E-state index contributed by atoms with van der Waals surface area (Å²) in [5.74, 6) is -0.316. The van der Waals surface area contributed by atoms with Crippen molar-refractivity contribution < 1.29 is 17.6 Å². The fourth-order valence-corrected chi connectivity index (χ4v) is 4.86. The van der Waals surface area contributed by atoms with Gasteiger partial charge >= 0.3 is 0 Å². The Morgan fingerprint density at radius 3 is 2.48 bits per heavy atom. The van der Waals surface area contributed by atoms with E-state index in [4.69, 9.17) is 0 Å². The molecule has 7 heteroatoms. The van der Waals surface area contributed by atoms with Gasteiger partial charge in [-0.1, -0.05) is 12.2 Å². The molecule has 5 nitrogen and oxygen atoms in total. The molecule has 0 spiro atoms. The van der Waals surface area contributed by atoms with E-state index >= 15 is 0 Å². The largest absolute Gasteiger partial charge is 0.341 e. The van der Waals surface area contributed by atoms with Crippen LogP contribution in [0.25, 0.3) is 0 Å². The highest BCUT2D eigenvalue weighted by molar-refractivity contribution is 7.89. The summed E-state index contributed by atoms with van der Waals surface area (Å²) in [6.45, 7) is 1.62. The normalized spacial score (nSPS) is 22.6. The smallest absolute Gasteiger partial charge is 0.243 e. The van der Waals surface area contributed by atoms with E-state index in [0.717, 1.165) is 31.4 Å². The lowest BCUT2D eigenvalue weighted by molar-refractivity contribution is -0.135. The third-order valence-corrected chi connectivity index (χ3v) is 6.75. The predicted molar refractivity (Wildman–Crippen MR) is 92.8 cm³/mol. The van der Waals surface area contributed by atoms with Gasteiger partial charge < -0.3 is 4.90 Å². The predicted octanol–water partition coefficient (Wildman–Crippen LogP) is 2.41. The molecule has 0 saturated carbocycles. The van der Waals surface area contributed by atoms with Crippen molar-refractivity contribution in [3.63, 3.8) is 0 Å². The molecular formula is C18H23FN2O3S. The van der Waals surface area contributed by atoms with Crippen molar-refractivity contribution >= 4 is 15.9 Å². The zero-order valence-corrected chi connectivity index (χ0v) is 14.9. The fourth-order valence-electron chi connectivity index (χ4n) is 3.39. The molecule has 1 fully saturated rings. The molecular weight excluding hydrogens is 343 g/mol. The minimum atomic E-state index is -3.66. The second-order valence-electron chi connectivity index (χ2n) is 6.52. The lowest BCUT2D eigenvalue weighted by Crippen LogP contribution is -2.40. The molecule has 25 heavy (non-hydrogen) atoms. The van der Waals surface area contributed by atoms with E-state index in [1.165, 1.54) is 16.4 Å². The van der Waals surface area contributed by atoms with Crippen molar-refractivity contribution in [1.82, 2.24) is 9.21 Å². The molecule has 0 bridgehead atoms. The van der Waals surface area contributed by atoms with Crippen LogP contribution in [0.15, 0.2) is 41.3 Å². The van der Waals surface area contributed by atoms with E-state index in [1.807, 2.05) is 0 Å². The molecule has 1 unspecified atom stereocenters. The molecule has 2 aliphatic rings. The minimum Gasteiger partial charge on any atom is -0.341 e. The Morgan fingerprint density at radius 1 is 1.04 bits per heavy atom. The van der Waals surface area contributed by atoms with Crippen LogP contribution in [-0.2, 0) is 14.8 Å². The first-order valence-corrected chi connectivity index (χ1v) is 10.1. The number of allylic oxidation sites excluding steroid dienone is 2. The Labute approximate surface area is 148 Å². The molecule has 1 saturated heterocycles. The molecule has 0 N–H and O–H groups in total. The van der Waals surface area contributed by atoms with Gasteiger partial charge in [0.1, 0.15) is 5.82 Å². The van der Waals surface area contributed by atoms with Gasteiger partial charge in [0.2, 0.25) is 15.9 Å². The van der Waals surface area contributed by atoms with E-state index in [-0.39, 0.29) is 23.3 Å². The summed E-state index contributed by atoms with van der Waals surface area (Å²) in [5.41, 5.74) is 0. The first kappa shape index (κ1) is 18.1. The van der Waals surface area contributed by atoms with Gasteiger partial charge in [0.15, 0.2) is 0 Å². The Hall–Kier alpha value is -1.73. The summed E-state index contributed by atoms with van der Waals surface area (Å²) in [5, 5.41) is 0. The molecule has 1 aromatic rings. The number of amides is 1. The van der Waals surface area contributed by atoms with Crippen LogP contribution >= 0.6 is 0 Å². The van der Waals surface area contributed by atoms with Gasteiger partial charge in [0.05, 0.1) is 4.90 Å². The first-order valence-electron chi connectivity index (χ1n) is 8.68. The van der Waals surface area contributed by atoms with Crippen LogP contribution in [0.4, 0.5) is 4.39 Å². The van der Waals surface area contributed by atoms with Crippen LogP contribution < -0.4 is 0 Å². The minimum absolute atomic E-state index is 0.0188. The highest BCUT2D eigenvalue weighted by Crippen LogP contribution is 2.23. The standard InChI is InChI=1S/C18H23FN2O3S/c19-16-7-9-17(10-8-16)25(23,24)21-12-4-11-20(13-14-21)18(22)15-5-2-1-3-6-15/h1-2,7-10,15H,3-6,11-14H2. The van der Waals surface area contributed by atoms with Crippen molar-refractivity contribution in [3.05, 3.63) is 42.2 Å². The molecule has 0 aromatic heterocycles. The topological polar surface area (TPSA) is 57.7 Å². The Balaban J connectivity index is 1.67. The van der Waals surface area contributed by atoms with E-state index < -0.39 is 15.8 Å². The van der Waals surface area contributed by atoms with Crippen LogP contribution in [0.3, 0.4) is 0 Å². The van der Waals surface area contributed by atoms with Crippen LogP contribution in [0.1, 0.15) is 25.7 Å². The average molecular weight is 366 g/mol. The molecule has 3 rings (SSSR count). The monoisotopic (exact) mass is 366 g/mol. The molecule has 1 aromatic carbocycles. The van der Waals surface area contributed by atoms with Gasteiger partial charge in [0.25, 0.3) is 0 Å². The van der Waals surface area contributed by atoms with Gasteiger partial charge in [-0.05, 0) is 49.9 Å². The molecule has 1 atom stereocenters. The number of carbonyl (C=O) groups is 1. The molecule has 1 heterocycles. The number of hydrogen-bond acceptors (Lipinski definition) is 3. The first-order chi connectivity index (χ1) is 12.0. The zero-order chi connectivity index (χ0) is 17.9. The number of benzene rings is 1. The van der Waals surface area contributed by atoms with Crippen molar-refractivity contribution in [2.45, 2.75) is 30.6 Å². The van der Waals surface area contributed by atoms with E-state index in [9.17, 15) is 17.6 Å². The molecule has 1 aliphatic carbocycles. The summed E-state index contributed by atoms with van der Waals surface area (Å²) in [7, 11) is -3.66. The zero-order valence-electron chi connectivity index (χ0n) is 14.1. The highest BCUT2D eigenvalue weighted by Gasteiger charge is 2.30. The summed E-state index contributed by atoms with van der Waals surface area (Å²) in [6.07, 6.45) is 7.32. The Bertz CT molecular complexity index is 746. The van der Waals surface area contributed by atoms with Crippen molar-refractivity contribution in [3.8, 4) is 0 Å².